The summed E-state index contributed by atoms with van der Waals surface area (Å²) >= 11 is 0. The van der Waals surface area contributed by atoms with Crippen molar-refractivity contribution in [1.29, 1.82) is 0 Å². The monoisotopic (exact) mass is 383 g/mol. The first kappa shape index (κ1) is 21.4. The van der Waals surface area contributed by atoms with E-state index in [-0.39, 0.29) is 0 Å². The summed E-state index contributed by atoms with van der Waals surface area (Å²) in [6.45, 7) is 9.38. The molecule has 0 radical (unpaired) electrons. The number of aryl methyl sites for hydroxylation is 2. The Hall–Kier alpha value is -2.95. The number of allylic oxidation sites excluding steroid dienone is 1. The van der Waals surface area contributed by atoms with Crippen LogP contribution in [0.1, 0.15) is 30.5 Å². The molecule has 0 spiro atoms. The predicted octanol–water partition coefficient (Wildman–Crippen LogP) is 5.09. The highest BCUT2D eigenvalue weighted by Crippen LogP contribution is 2.28. The lowest BCUT2D eigenvalue weighted by molar-refractivity contribution is 0.213. The van der Waals surface area contributed by atoms with Gasteiger partial charge >= 0.3 is 0 Å². The number of ether oxygens (including phenoxy) is 3. The van der Waals surface area contributed by atoms with Crippen LogP contribution in [-0.2, 0) is 4.84 Å². The quantitative estimate of drug-likeness (QED) is 0.248. The fourth-order valence-corrected chi connectivity index (χ4v) is 2.77. The van der Waals surface area contributed by atoms with Crippen LogP contribution >= 0.6 is 0 Å². The third-order valence-electron chi connectivity index (χ3n) is 4.09. The maximum absolute atomic E-state index is 5.95. The highest BCUT2D eigenvalue weighted by Gasteiger charge is 2.08. The molecular formula is C23H29NO4. The Bertz CT molecular complexity index is 804. The first-order chi connectivity index (χ1) is 13.5. The second kappa shape index (κ2) is 11.0. The third-order valence-corrected chi connectivity index (χ3v) is 4.09. The number of hydrogen-bond acceptors (Lipinski definition) is 5. The molecule has 5 nitrogen and oxygen atoms in total. The van der Waals surface area contributed by atoms with Gasteiger partial charge in [0.05, 0.1) is 5.71 Å². The van der Waals surface area contributed by atoms with Gasteiger partial charge in [0.25, 0.3) is 0 Å². The Morgan fingerprint density at radius 1 is 0.964 bits per heavy atom. The first-order valence-corrected chi connectivity index (χ1v) is 9.34. The lowest BCUT2D eigenvalue weighted by Gasteiger charge is -2.15. The molecule has 0 bridgehead atoms. The molecule has 0 amide bonds. The van der Waals surface area contributed by atoms with E-state index < -0.39 is 0 Å². The van der Waals surface area contributed by atoms with E-state index in [4.69, 9.17) is 19.0 Å². The topological polar surface area (TPSA) is 49.3 Å². The molecule has 2 aromatic rings. The molecule has 0 fully saturated rings. The van der Waals surface area contributed by atoms with Crippen LogP contribution in [0.2, 0.25) is 0 Å². The van der Waals surface area contributed by atoms with Crippen LogP contribution in [0, 0.1) is 13.8 Å². The maximum Gasteiger partial charge on any atom is 0.125 e. The van der Waals surface area contributed by atoms with E-state index in [0.717, 1.165) is 39.7 Å². The zero-order valence-electron chi connectivity index (χ0n) is 17.3. The Labute approximate surface area is 167 Å². The van der Waals surface area contributed by atoms with Gasteiger partial charge in [-0.15, -0.1) is 0 Å². The first-order valence-electron chi connectivity index (χ1n) is 9.34. The zero-order valence-corrected chi connectivity index (χ0v) is 17.3. The lowest BCUT2D eigenvalue weighted by Crippen LogP contribution is -2.11. The van der Waals surface area contributed by atoms with Gasteiger partial charge in [0.15, 0.2) is 0 Å². The van der Waals surface area contributed by atoms with E-state index in [0.29, 0.717) is 19.8 Å². The SMILES string of the molecule is C/C=C/COc1cc(C)c(OCCOc2cccc(/C(C)=N/OC)c2)c(C)c1. The second-order valence-corrected chi connectivity index (χ2v) is 6.35. The minimum atomic E-state index is 0.447. The average molecular weight is 383 g/mol. The highest BCUT2D eigenvalue weighted by molar-refractivity contribution is 5.98. The summed E-state index contributed by atoms with van der Waals surface area (Å²) in [6.07, 6.45) is 3.95. The molecule has 0 aliphatic rings. The van der Waals surface area contributed by atoms with Crippen molar-refractivity contribution in [1.82, 2.24) is 0 Å². The minimum Gasteiger partial charge on any atom is -0.490 e. The Morgan fingerprint density at radius 2 is 1.68 bits per heavy atom. The molecule has 0 N–H and O–H groups in total. The predicted molar refractivity (Wildman–Crippen MR) is 113 cm³/mol. The van der Waals surface area contributed by atoms with Gasteiger partial charge in [-0.3, -0.25) is 0 Å². The fourth-order valence-electron chi connectivity index (χ4n) is 2.77. The number of benzene rings is 2. The fraction of sp³-hybridized carbons (Fsp3) is 0.348. The number of rotatable bonds is 10. The number of oxime groups is 1. The van der Waals surface area contributed by atoms with Crippen molar-refractivity contribution in [2.75, 3.05) is 26.9 Å². The molecule has 0 unspecified atom stereocenters. The van der Waals surface area contributed by atoms with Crippen LogP contribution in [0.5, 0.6) is 17.2 Å². The van der Waals surface area contributed by atoms with Crippen molar-refractivity contribution in [2.24, 2.45) is 5.16 Å². The van der Waals surface area contributed by atoms with Crippen LogP contribution in [0.25, 0.3) is 0 Å². The molecule has 2 rings (SSSR count). The van der Waals surface area contributed by atoms with Crippen molar-refractivity contribution in [2.45, 2.75) is 27.7 Å². The molecule has 0 aliphatic heterocycles. The molecule has 0 saturated carbocycles. The lowest BCUT2D eigenvalue weighted by atomic mass is 10.1. The number of hydrogen-bond donors (Lipinski definition) is 0. The molecule has 28 heavy (non-hydrogen) atoms. The smallest absolute Gasteiger partial charge is 0.125 e. The maximum atomic E-state index is 5.95. The van der Waals surface area contributed by atoms with Gasteiger partial charge in [0.2, 0.25) is 0 Å². The zero-order chi connectivity index (χ0) is 20.4. The molecule has 0 saturated heterocycles. The van der Waals surface area contributed by atoms with Gasteiger partial charge in [-0.1, -0.05) is 29.4 Å². The third kappa shape index (κ3) is 6.34. The average Bonchev–Trinajstić information content (AvgIpc) is 2.67. The highest BCUT2D eigenvalue weighted by atomic mass is 16.6. The van der Waals surface area contributed by atoms with Crippen molar-refractivity contribution in [3.05, 3.63) is 65.2 Å². The van der Waals surface area contributed by atoms with E-state index >= 15 is 0 Å². The van der Waals surface area contributed by atoms with Gasteiger partial charge in [-0.25, -0.2) is 0 Å². The van der Waals surface area contributed by atoms with E-state index in [2.05, 4.69) is 5.16 Å². The molecule has 0 heterocycles. The van der Waals surface area contributed by atoms with Crippen LogP contribution < -0.4 is 14.2 Å². The standard InChI is InChI=1S/C23H29NO4/c1-6-7-11-26-22-14-17(2)23(18(3)15-22)28-13-12-27-21-10-8-9-20(16-21)19(4)24-25-5/h6-10,14-16H,11-13H2,1-5H3/b7-6+,24-19+. The van der Waals surface area contributed by atoms with E-state index in [1.807, 2.05) is 76.2 Å². The summed E-state index contributed by atoms with van der Waals surface area (Å²) in [7, 11) is 1.53. The molecule has 0 atom stereocenters. The van der Waals surface area contributed by atoms with E-state index in [9.17, 15) is 0 Å². The Morgan fingerprint density at radius 3 is 2.36 bits per heavy atom. The molecule has 0 aliphatic carbocycles. The number of nitrogens with zero attached hydrogens (tertiary/aromatic N) is 1. The molecule has 150 valence electrons. The second-order valence-electron chi connectivity index (χ2n) is 6.35. The minimum absolute atomic E-state index is 0.447. The van der Waals surface area contributed by atoms with Gasteiger partial charge in [0.1, 0.15) is 44.2 Å². The van der Waals surface area contributed by atoms with Crippen molar-refractivity contribution >= 4 is 5.71 Å². The van der Waals surface area contributed by atoms with Crippen LogP contribution in [0.4, 0.5) is 0 Å². The Balaban J connectivity index is 1.90. The molecular weight excluding hydrogens is 354 g/mol. The summed E-state index contributed by atoms with van der Waals surface area (Å²) in [5.41, 5.74) is 3.85. The van der Waals surface area contributed by atoms with Crippen LogP contribution in [0.3, 0.4) is 0 Å². The van der Waals surface area contributed by atoms with Gasteiger partial charge in [-0.2, -0.15) is 0 Å². The molecule has 0 aromatic heterocycles. The largest absolute Gasteiger partial charge is 0.490 e. The normalized spacial score (nSPS) is 11.5. The summed E-state index contributed by atoms with van der Waals surface area (Å²) in [5.74, 6) is 2.49. The van der Waals surface area contributed by atoms with Gasteiger partial charge in [-0.05, 0) is 63.1 Å². The van der Waals surface area contributed by atoms with Crippen LogP contribution in [-0.4, -0.2) is 32.6 Å². The van der Waals surface area contributed by atoms with Crippen molar-refractivity contribution in [3.8, 4) is 17.2 Å². The molecule has 2 aromatic carbocycles. The van der Waals surface area contributed by atoms with Crippen LogP contribution in [0.15, 0.2) is 53.7 Å². The van der Waals surface area contributed by atoms with Crippen molar-refractivity contribution in [3.63, 3.8) is 0 Å². The summed E-state index contributed by atoms with van der Waals surface area (Å²) in [5, 5.41) is 3.94. The van der Waals surface area contributed by atoms with Gasteiger partial charge in [0, 0.05) is 5.56 Å². The summed E-state index contributed by atoms with van der Waals surface area (Å²) < 4.78 is 17.5. The van der Waals surface area contributed by atoms with Gasteiger partial charge < -0.3 is 19.0 Å². The Kier molecular flexibility index (Phi) is 8.40. The van der Waals surface area contributed by atoms with E-state index in [1.54, 1.807) is 0 Å². The summed E-state index contributed by atoms with van der Waals surface area (Å²) in [6, 6.07) is 11.7. The molecule has 5 heteroatoms. The van der Waals surface area contributed by atoms with E-state index in [1.165, 1.54) is 7.11 Å². The summed E-state index contributed by atoms with van der Waals surface area (Å²) in [4.78, 5) is 4.82. The van der Waals surface area contributed by atoms with Crippen molar-refractivity contribution < 1.29 is 19.0 Å².